The molecule has 148 valence electrons. The molecule has 0 amide bonds. The Morgan fingerprint density at radius 1 is 1.00 bits per heavy atom. The molecule has 2 aliphatic rings. The number of carbonyl (C=O) groups is 1. The smallest absolute Gasteiger partial charge is 0.312 e. The third kappa shape index (κ3) is 2.95. The first-order chi connectivity index (χ1) is 14.0. The Morgan fingerprint density at radius 3 is 2.55 bits per heavy atom. The molecule has 6 nitrogen and oxygen atoms in total. The molecule has 1 unspecified atom stereocenters. The average molecular weight is 391 g/mol. The van der Waals surface area contributed by atoms with Gasteiger partial charge in [-0.3, -0.25) is 9.59 Å². The first-order valence-corrected chi connectivity index (χ1v) is 9.78. The van der Waals surface area contributed by atoms with Crippen LogP contribution in [-0.4, -0.2) is 17.3 Å². The van der Waals surface area contributed by atoms with E-state index in [9.17, 15) is 9.59 Å². The third-order valence-corrected chi connectivity index (χ3v) is 5.43. The zero-order valence-corrected chi connectivity index (χ0v) is 16.3. The van der Waals surface area contributed by atoms with E-state index in [1.165, 1.54) is 0 Å². The van der Waals surface area contributed by atoms with Crippen LogP contribution in [0.3, 0.4) is 0 Å². The lowest BCUT2D eigenvalue weighted by molar-refractivity contribution is -0.135. The molecular weight excluding hydrogens is 370 g/mol. The molecule has 29 heavy (non-hydrogen) atoms. The fourth-order valence-corrected chi connectivity index (χ4v) is 4.16. The molecule has 0 spiro atoms. The first kappa shape index (κ1) is 17.8. The third-order valence-electron chi connectivity index (χ3n) is 5.43. The van der Waals surface area contributed by atoms with E-state index < -0.39 is 5.92 Å². The molecule has 2 aliphatic heterocycles. The highest BCUT2D eigenvalue weighted by atomic mass is 16.7. The van der Waals surface area contributed by atoms with Gasteiger partial charge in [0.25, 0.3) is 5.56 Å². The fourth-order valence-electron chi connectivity index (χ4n) is 4.16. The molecule has 3 heterocycles. The normalized spacial score (nSPS) is 17.5. The average Bonchev–Trinajstić information content (AvgIpc) is 3.15. The molecule has 0 saturated heterocycles. The number of fused-ring (bicyclic) bond motifs is 3. The van der Waals surface area contributed by atoms with Crippen LogP contribution in [0.25, 0.3) is 10.9 Å². The molecule has 1 atom stereocenters. The van der Waals surface area contributed by atoms with Crippen molar-refractivity contribution in [3.63, 3.8) is 0 Å². The highest BCUT2D eigenvalue weighted by Crippen LogP contribution is 2.45. The largest absolute Gasteiger partial charge is 0.454 e. The Bertz CT molecular complexity index is 1190. The number of aromatic nitrogens is 1. The summed E-state index contributed by atoms with van der Waals surface area (Å²) >= 11 is 0. The number of ether oxygens (including phenoxy) is 3. The van der Waals surface area contributed by atoms with Crippen LogP contribution < -0.4 is 19.8 Å². The van der Waals surface area contributed by atoms with Gasteiger partial charge in [-0.25, -0.2) is 0 Å². The molecule has 0 bridgehead atoms. The number of carbonyl (C=O) groups excluding carboxylic acids is 1. The number of hydrogen-bond donors (Lipinski definition) is 0. The fraction of sp³-hybridized carbons (Fsp3) is 0.304. The van der Waals surface area contributed by atoms with Crippen LogP contribution in [0.2, 0.25) is 0 Å². The number of hydrogen-bond acceptors (Lipinski definition) is 5. The van der Waals surface area contributed by atoms with Crippen LogP contribution in [-0.2, 0) is 11.3 Å². The molecule has 1 aromatic heterocycles. The van der Waals surface area contributed by atoms with E-state index in [1.807, 2.05) is 41.0 Å². The summed E-state index contributed by atoms with van der Waals surface area (Å²) in [6.07, 6.45) is 0.113. The molecule has 3 aromatic rings. The van der Waals surface area contributed by atoms with Crippen LogP contribution >= 0.6 is 0 Å². The van der Waals surface area contributed by atoms with Crippen molar-refractivity contribution in [2.24, 2.45) is 5.92 Å². The van der Waals surface area contributed by atoms with Crippen molar-refractivity contribution in [3.05, 3.63) is 63.9 Å². The Hall–Kier alpha value is -3.28. The minimum absolute atomic E-state index is 0.0688. The van der Waals surface area contributed by atoms with E-state index in [-0.39, 0.29) is 24.7 Å². The van der Waals surface area contributed by atoms with Crippen LogP contribution in [0.1, 0.15) is 37.3 Å². The predicted octanol–water partition coefficient (Wildman–Crippen LogP) is 3.83. The lowest BCUT2D eigenvalue weighted by Crippen LogP contribution is -2.30. The summed E-state index contributed by atoms with van der Waals surface area (Å²) in [4.78, 5) is 25.9. The van der Waals surface area contributed by atoms with Crippen molar-refractivity contribution in [1.82, 2.24) is 4.57 Å². The van der Waals surface area contributed by atoms with Gasteiger partial charge < -0.3 is 18.8 Å². The number of rotatable bonds is 3. The van der Waals surface area contributed by atoms with E-state index in [4.69, 9.17) is 14.2 Å². The van der Waals surface area contributed by atoms with Crippen molar-refractivity contribution < 1.29 is 19.0 Å². The van der Waals surface area contributed by atoms with E-state index in [0.29, 0.717) is 35.3 Å². The minimum Gasteiger partial charge on any atom is -0.454 e. The standard InChI is InChI=1S/C23H21NO5/c1-13(2)11-24-18-6-4-3-5-14(18)7-17(23(24)26)15-9-22(25)29-19-10-21-20(8-16(15)19)27-12-28-21/h3-8,10,13,15H,9,11-12H2,1-2H3. The number of nitrogens with zero attached hydrogens (tertiary/aromatic N) is 1. The van der Waals surface area contributed by atoms with Gasteiger partial charge in [0.15, 0.2) is 11.5 Å². The lowest BCUT2D eigenvalue weighted by atomic mass is 9.86. The Morgan fingerprint density at radius 2 is 1.76 bits per heavy atom. The second-order valence-corrected chi connectivity index (χ2v) is 7.94. The van der Waals surface area contributed by atoms with Gasteiger partial charge in [0.1, 0.15) is 5.75 Å². The number of pyridine rings is 1. The molecule has 0 aliphatic carbocycles. The van der Waals surface area contributed by atoms with Gasteiger partial charge in [0.05, 0.1) is 11.9 Å². The molecule has 5 rings (SSSR count). The molecule has 0 N–H and O–H groups in total. The highest BCUT2D eigenvalue weighted by molar-refractivity contribution is 5.82. The summed E-state index contributed by atoms with van der Waals surface area (Å²) < 4.78 is 18.2. The van der Waals surface area contributed by atoms with Crippen molar-refractivity contribution in [3.8, 4) is 17.2 Å². The van der Waals surface area contributed by atoms with Gasteiger partial charge in [-0.05, 0) is 29.5 Å². The van der Waals surface area contributed by atoms with Gasteiger partial charge in [-0.2, -0.15) is 0 Å². The van der Waals surface area contributed by atoms with Gasteiger partial charge in [0.2, 0.25) is 6.79 Å². The maximum Gasteiger partial charge on any atom is 0.312 e. The van der Waals surface area contributed by atoms with E-state index >= 15 is 0 Å². The SMILES string of the molecule is CC(C)Cn1c(=O)c(C2CC(=O)Oc3cc4c(cc32)OCO4)cc2ccccc21. The molecule has 0 radical (unpaired) electrons. The second-order valence-electron chi connectivity index (χ2n) is 7.94. The van der Waals surface area contributed by atoms with Crippen molar-refractivity contribution in [1.29, 1.82) is 0 Å². The maximum atomic E-state index is 13.5. The van der Waals surface area contributed by atoms with Gasteiger partial charge in [0, 0.05) is 29.7 Å². The zero-order valence-electron chi connectivity index (χ0n) is 16.3. The highest BCUT2D eigenvalue weighted by Gasteiger charge is 2.33. The van der Waals surface area contributed by atoms with Gasteiger partial charge in [-0.15, -0.1) is 0 Å². The van der Waals surface area contributed by atoms with Crippen molar-refractivity contribution in [2.45, 2.75) is 32.7 Å². The van der Waals surface area contributed by atoms with E-state index in [2.05, 4.69) is 13.8 Å². The predicted molar refractivity (Wildman–Crippen MR) is 108 cm³/mol. The Balaban J connectivity index is 1.73. The topological polar surface area (TPSA) is 66.8 Å². The zero-order chi connectivity index (χ0) is 20.1. The van der Waals surface area contributed by atoms with Crippen molar-refractivity contribution >= 4 is 16.9 Å². The Kier molecular flexibility index (Phi) is 4.08. The minimum atomic E-state index is -0.392. The number of esters is 1. The molecule has 6 heteroatoms. The van der Waals surface area contributed by atoms with E-state index in [0.717, 1.165) is 16.5 Å². The monoisotopic (exact) mass is 391 g/mol. The lowest BCUT2D eigenvalue weighted by Gasteiger charge is -2.26. The van der Waals surface area contributed by atoms with Gasteiger partial charge >= 0.3 is 5.97 Å². The van der Waals surface area contributed by atoms with Gasteiger partial charge in [-0.1, -0.05) is 32.0 Å². The van der Waals surface area contributed by atoms with Crippen LogP contribution in [0, 0.1) is 5.92 Å². The van der Waals surface area contributed by atoms with E-state index in [1.54, 1.807) is 6.07 Å². The summed E-state index contributed by atoms with van der Waals surface area (Å²) in [6.45, 7) is 4.91. The van der Waals surface area contributed by atoms with Crippen molar-refractivity contribution in [2.75, 3.05) is 6.79 Å². The second kappa shape index (κ2) is 6.65. The Labute approximate surface area is 167 Å². The summed E-state index contributed by atoms with van der Waals surface area (Å²) in [5.41, 5.74) is 2.21. The number of para-hydroxylation sites is 1. The molecular formula is C23H21NO5. The quantitative estimate of drug-likeness (QED) is 0.501. The first-order valence-electron chi connectivity index (χ1n) is 9.78. The summed E-state index contributed by atoms with van der Waals surface area (Å²) in [7, 11) is 0. The van der Waals surface area contributed by atoms with Crippen LogP contribution in [0.4, 0.5) is 0 Å². The van der Waals surface area contributed by atoms with Crippen LogP contribution in [0.5, 0.6) is 17.2 Å². The molecule has 0 fully saturated rings. The summed E-state index contributed by atoms with van der Waals surface area (Å²) in [6, 6.07) is 13.3. The molecule has 0 saturated carbocycles. The maximum absolute atomic E-state index is 13.5. The summed E-state index contributed by atoms with van der Waals surface area (Å²) in [5.74, 6) is 1.14. The molecule has 2 aromatic carbocycles. The number of benzene rings is 2. The summed E-state index contributed by atoms with van der Waals surface area (Å²) in [5, 5.41) is 0.976. The van der Waals surface area contributed by atoms with Crippen LogP contribution in [0.15, 0.2) is 47.3 Å².